The number of rotatable bonds is 50. The molecule has 0 spiro atoms. The van der Waals surface area contributed by atoms with E-state index >= 15 is 0 Å². The van der Waals surface area contributed by atoms with Crippen molar-refractivity contribution in [2.75, 3.05) is 0 Å². The van der Waals surface area contributed by atoms with Crippen LogP contribution < -0.4 is 51.1 Å². The van der Waals surface area contributed by atoms with Crippen LogP contribution in [0, 0.1) is 0 Å². The van der Waals surface area contributed by atoms with E-state index in [0.29, 0.717) is 0 Å². The van der Waals surface area contributed by atoms with Crippen molar-refractivity contribution in [1.82, 2.24) is 0 Å². The first-order valence-electron chi connectivity index (χ1n) is 33.0. The van der Waals surface area contributed by atoms with Crippen molar-refractivity contribution in [3.63, 3.8) is 0 Å². The molecule has 0 aromatic heterocycles. The third kappa shape index (κ3) is 65.7. The van der Waals surface area contributed by atoms with Crippen molar-refractivity contribution in [3.8, 4) is 0 Å². The summed E-state index contributed by atoms with van der Waals surface area (Å²) in [6, 6.07) is 0. The Bertz CT molecular complexity index is 2640. The van der Waals surface area contributed by atoms with E-state index < -0.39 is 304 Å². The van der Waals surface area contributed by atoms with Crippen molar-refractivity contribution in [1.29, 1.82) is 0 Å². The van der Waals surface area contributed by atoms with Gasteiger partial charge in [-0.1, -0.05) is 0 Å². The molecule has 0 aliphatic rings. The molecule has 0 aliphatic heterocycles. The predicted molar refractivity (Wildman–Crippen MR) is 351 cm³/mol. The summed E-state index contributed by atoms with van der Waals surface area (Å²) >= 11 is 0. The molecule has 800 valence electrons. The number of carbonyl (C=O) groups excluding carboxylic acids is 20. The van der Waals surface area contributed by atoms with Crippen LogP contribution >= 0.6 is 0 Å². The van der Waals surface area contributed by atoms with Gasteiger partial charge in [-0.2, -0.15) is 0 Å². The van der Waals surface area contributed by atoms with E-state index in [4.69, 9.17) is 204 Å². The van der Waals surface area contributed by atoms with Crippen LogP contribution in [0.1, 0.15) is 0 Å². The van der Waals surface area contributed by atoms with Gasteiger partial charge in [0.15, 0.2) is 62.9 Å². The first kappa shape index (κ1) is 161. The van der Waals surface area contributed by atoms with Crippen LogP contribution in [0.5, 0.6) is 0 Å². The maximum Gasteiger partial charge on any atom is 2.00 e. The van der Waals surface area contributed by atoms with Crippen molar-refractivity contribution < 1.29 is 434 Å². The molecule has 0 heterocycles. The largest absolute Gasteiger partial charge is 2.00 e. The summed E-state index contributed by atoms with van der Waals surface area (Å²) in [6.07, 6.45) is -86.5. The average molecular weight is 2220 g/mol. The number of carboxylic acids is 10. The van der Waals surface area contributed by atoms with Crippen LogP contribution in [0.25, 0.3) is 0 Å². The monoisotopic (exact) mass is 2220 g/mol. The van der Waals surface area contributed by atoms with Crippen molar-refractivity contribution >= 4 is 123 Å². The molecular formula is C60H90Ni5O70. The summed E-state index contributed by atoms with van der Waals surface area (Å²) in [4.78, 5) is 198. The molecule has 135 heavy (non-hydrogen) atoms. The molecule has 40 atom stereocenters. The van der Waals surface area contributed by atoms with E-state index in [-0.39, 0.29) is 145 Å². The maximum atomic E-state index is 9.95. The molecule has 0 fully saturated rings. The van der Waals surface area contributed by atoms with Crippen molar-refractivity contribution in [3.05, 3.63) is 0 Å². The molecule has 75 heteroatoms. The number of aldehydes is 10. The Balaban J connectivity index is -0.0000000908. The second-order valence-electron chi connectivity index (χ2n) is 23.7. The minimum Gasteiger partial charge on any atom is -0.547 e. The number of hydrogen-bond donors (Lipinski definition) is 40. The topological polar surface area (TPSA) is 1380 Å². The van der Waals surface area contributed by atoms with Gasteiger partial charge in [0, 0.05) is 0 Å². The summed E-state index contributed by atoms with van der Waals surface area (Å²) in [5, 5.41) is 448. The van der Waals surface area contributed by atoms with Gasteiger partial charge in [0.05, 0.1) is 59.7 Å². The van der Waals surface area contributed by atoms with Gasteiger partial charge in [-0.25, -0.2) is 0 Å². The Labute approximate surface area is 796 Å². The van der Waals surface area contributed by atoms with Gasteiger partial charge in [-0.05, 0) is 0 Å². The normalized spacial score (nSPS) is 19.3. The van der Waals surface area contributed by atoms with Gasteiger partial charge in [0.2, 0.25) is 0 Å². The standard InChI is InChI=1S/10C6H10O7.5Ni/c10*7-1-2(8)3(9)4(10)5(11)6(12)13;;;;;/h10*1-5,8-11H,(H,12,13);;;;;/q;;;;;;;;;;5*+2/p-10/t10*2-,3+,4+,5-;;;;;/m0000000000...../s1. The van der Waals surface area contributed by atoms with E-state index in [1.54, 1.807) is 0 Å². The van der Waals surface area contributed by atoms with Crippen LogP contribution in [-0.2, 0) is 178 Å². The van der Waals surface area contributed by atoms with E-state index in [1.165, 1.54) is 0 Å². The van der Waals surface area contributed by atoms with Crippen LogP contribution in [0.2, 0.25) is 0 Å². The number of carboxylic acid groups (broad SMARTS) is 10. The number of hydrogen-bond acceptors (Lipinski definition) is 70. The summed E-state index contributed by atoms with van der Waals surface area (Å²) < 4.78 is 0. The van der Waals surface area contributed by atoms with E-state index in [9.17, 15) is 147 Å². The number of aliphatic hydroxyl groups is 40. The number of carbonyl (C=O) groups is 20. The SMILES string of the molecule is O=C[C@H](O)[C@@H](O)[C@@H](O)[C@H](O)C(=O)[O-].O=C[C@H](O)[C@@H](O)[C@@H](O)[C@H](O)C(=O)[O-].O=C[C@H](O)[C@@H](O)[C@@H](O)[C@H](O)C(=O)[O-].O=C[C@H](O)[C@@H](O)[C@@H](O)[C@H](O)C(=O)[O-].O=C[C@H](O)[C@@H](O)[C@@H](O)[C@H](O)C(=O)[O-].O=C[C@H](O)[C@@H](O)[C@@H](O)[C@H](O)C(=O)[O-].O=C[C@H](O)[C@@H](O)[C@@H](O)[C@H](O)C(=O)[O-].O=C[C@H](O)[C@@H](O)[C@@H](O)[C@H](O)C(=O)[O-].O=C[C@H](O)[C@@H](O)[C@@H](O)[C@H](O)C(=O)[O-].O=C[C@H](O)[C@@H](O)[C@@H](O)[C@H](O)C(=O)[O-].[Ni+2].[Ni+2].[Ni+2].[Ni+2].[Ni+2]. The Morgan fingerprint density at radius 3 is 0.193 bits per heavy atom. The Morgan fingerprint density at radius 2 is 0.163 bits per heavy atom. The Kier molecular flexibility index (Phi) is 102. The second-order valence-corrected chi connectivity index (χ2v) is 23.7. The third-order valence-electron chi connectivity index (χ3n) is 14.0. The minimum atomic E-state index is -2.36. The predicted octanol–water partition coefficient (Wildman–Crippen LogP) is -46.2. The fraction of sp³-hybridized carbons (Fsp3) is 0.667. The fourth-order valence-electron chi connectivity index (χ4n) is 6.09. The zero-order chi connectivity index (χ0) is 106. The quantitative estimate of drug-likeness (QED) is 0.0199. The first-order chi connectivity index (χ1) is 59.1. The maximum absolute atomic E-state index is 9.95. The summed E-state index contributed by atoms with van der Waals surface area (Å²) in [5.74, 6) is -20.1. The van der Waals surface area contributed by atoms with Gasteiger partial charge in [-0.3, -0.25) is 0 Å². The van der Waals surface area contributed by atoms with Crippen LogP contribution in [0.4, 0.5) is 0 Å². The number of aliphatic carboxylic acids is 10. The zero-order valence-electron chi connectivity index (χ0n) is 65.6. The molecule has 0 radical (unpaired) electrons. The molecule has 0 aliphatic carbocycles. The van der Waals surface area contributed by atoms with Gasteiger partial charge in [0.25, 0.3) is 0 Å². The molecule has 0 unspecified atom stereocenters. The zero-order valence-corrected chi connectivity index (χ0v) is 70.5. The molecule has 0 aromatic rings. The van der Waals surface area contributed by atoms with Crippen molar-refractivity contribution in [2.24, 2.45) is 0 Å². The first-order valence-corrected chi connectivity index (χ1v) is 33.0. The Morgan fingerprint density at radius 1 is 0.119 bits per heavy atom. The van der Waals surface area contributed by atoms with Gasteiger partial charge < -0.3 is 351 Å². The van der Waals surface area contributed by atoms with Crippen molar-refractivity contribution in [2.45, 2.75) is 244 Å². The molecule has 40 N–H and O–H groups in total. The Hall–Kier alpha value is -7.73. The van der Waals surface area contributed by atoms with Gasteiger partial charge in [-0.15, -0.1) is 0 Å². The van der Waals surface area contributed by atoms with E-state index in [0.717, 1.165) is 0 Å². The molecule has 0 rings (SSSR count). The summed E-state index contributed by atoms with van der Waals surface area (Å²) in [5.41, 5.74) is 0. The minimum absolute atomic E-state index is 0. The summed E-state index contributed by atoms with van der Waals surface area (Å²) in [7, 11) is 0. The van der Waals surface area contributed by atoms with Crippen LogP contribution in [0.15, 0.2) is 0 Å². The van der Waals surface area contributed by atoms with Crippen LogP contribution in [-0.4, -0.2) is 571 Å². The molecule has 0 amide bonds. The molecule has 0 saturated heterocycles. The average Bonchev–Trinajstić information content (AvgIpc) is 0.954. The van der Waals surface area contributed by atoms with Gasteiger partial charge >= 0.3 is 82.5 Å². The van der Waals surface area contributed by atoms with Gasteiger partial charge in [0.1, 0.15) is 244 Å². The fourth-order valence-corrected chi connectivity index (χ4v) is 6.09. The van der Waals surface area contributed by atoms with E-state index in [1.807, 2.05) is 0 Å². The van der Waals surface area contributed by atoms with E-state index in [2.05, 4.69) is 0 Å². The molecule has 0 saturated carbocycles. The molecule has 70 nitrogen and oxygen atoms in total. The smallest absolute Gasteiger partial charge is 0.547 e. The second kappa shape index (κ2) is 85.5. The summed E-state index contributed by atoms with van der Waals surface area (Å²) in [6.45, 7) is 0. The number of aliphatic hydroxyl groups excluding tert-OH is 40. The molecule has 0 aromatic carbocycles. The molecule has 0 bridgehead atoms. The molecular weight excluding hydrogens is 2130 g/mol. The van der Waals surface area contributed by atoms with Crippen LogP contribution in [0.3, 0.4) is 0 Å². The third-order valence-corrected chi connectivity index (χ3v) is 14.0.